The van der Waals surface area contributed by atoms with Gasteiger partial charge >= 0.3 is 0 Å². The maximum Gasteiger partial charge on any atom is 0.262 e. The Bertz CT molecular complexity index is 689. The molecule has 3 rings (SSSR count). The van der Waals surface area contributed by atoms with E-state index in [4.69, 9.17) is 4.74 Å². The molecular formula is C20H27N3O4. The number of piperazine rings is 1. The van der Waals surface area contributed by atoms with E-state index in [2.05, 4.69) is 18.7 Å². The Morgan fingerprint density at radius 1 is 1.07 bits per heavy atom. The summed E-state index contributed by atoms with van der Waals surface area (Å²) in [4.78, 5) is 42.9. The normalized spacial score (nSPS) is 23.1. The first kappa shape index (κ1) is 19.5. The number of benzene rings is 1. The van der Waals surface area contributed by atoms with Crippen LogP contribution in [0.3, 0.4) is 0 Å². The first-order chi connectivity index (χ1) is 12.9. The van der Waals surface area contributed by atoms with Crippen molar-refractivity contribution in [1.29, 1.82) is 0 Å². The SMILES string of the molecule is COCCCN1C(C)CN(C(=O)CN2C(=O)c3ccccc3C2=O)CC1C. The molecule has 2 aliphatic heterocycles. The van der Waals surface area contributed by atoms with Gasteiger partial charge in [-0.15, -0.1) is 0 Å². The van der Waals surface area contributed by atoms with Crippen molar-refractivity contribution in [3.05, 3.63) is 35.4 Å². The van der Waals surface area contributed by atoms with Gasteiger partial charge in [0.2, 0.25) is 5.91 Å². The predicted octanol–water partition coefficient (Wildman–Crippen LogP) is 1.24. The lowest BCUT2D eigenvalue weighted by Gasteiger charge is -2.44. The largest absolute Gasteiger partial charge is 0.385 e. The summed E-state index contributed by atoms with van der Waals surface area (Å²) in [5.74, 6) is -0.953. The third kappa shape index (κ3) is 3.89. The molecule has 1 saturated heterocycles. The van der Waals surface area contributed by atoms with Gasteiger partial charge in [-0.2, -0.15) is 0 Å². The summed E-state index contributed by atoms with van der Waals surface area (Å²) in [6, 6.07) is 7.14. The summed E-state index contributed by atoms with van der Waals surface area (Å²) in [5, 5.41) is 0. The van der Waals surface area contributed by atoms with Gasteiger partial charge in [0.15, 0.2) is 0 Å². The van der Waals surface area contributed by atoms with E-state index >= 15 is 0 Å². The number of hydrogen-bond donors (Lipinski definition) is 0. The Balaban J connectivity index is 1.61. The second kappa shape index (κ2) is 8.19. The Labute approximate surface area is 159 Å². The number of carbonyl (C=O) groups excluding carboxylic acids is 3. The third-order valence-electron chi connectivity index (χ3n) is 5.39. The van der Waals surface area contributed by atoms with E-state index < -0.39 is 0 Å². The van der Waals surface area contributed by atoms with Gasteiger partial charge in [0.25, 0.3) is 11.8 Å². The molecule has 2 heterocycles. The molecule has 1 aromatic rings. The van der Waals surface area contributed by atoms with Gasteiger partial charge in [0.05, 0.1) is 11.1 Å². The minimum Gasteiger partial charge on any atom is -0.385 e. The molecule has 2 atom stereocenters. The highest BCUT2D eigenvalue weighted by atomic mass is 16.5. The standard InChI is InChI=1S/C20H27N3O4/c1-14-11-21(12-15(2)22(14)9-6-10-27-3)18(24)13-23-19(25)16-7-4-5-8-17(16)20(23)26/h4-5,7-8,14-15H,6,9-13H2,1-3H3. The molecule has 2 aliphatic rings. The fourth-order valence-corrected chi connectivity index (χ4v) is 4.01. The number of nitrogens with zero attached hydrogens (tertiary/aromatic N) is 3. The predicted molar refractivity (Wildman–Crippen MR) is 101 cm³/mol. The van der Waals surface area contributed by atoms with E-state index in [0.29, 0.717) is 24.2 Å². The molecule has 0 aromatic heterocycles. The Kier molecular flexibility index (Phi) is 5.92. The van der Waals surface area contributed by atoms with Crippen molar-refractivity contribution in [2.24, 2.45) is 0 Å². The van der Waals surface area contributed by atoms with Crippen LogP contribution in [-0.2, 0) is 9.53 Å². The number of hydrogen-bond acceptors (Lipinski definition) is 5. The van der Waals surface area contributed by atoms with Crippen molar-refractivity contribution in [3.63, 3.8) is 0 Å². The summed E-state index contributed by atoms with van der Waals surface area (Å²) < 4.78 is 5.12. The molecule has 0 radical (unpaired) electrons. The molecule has 7 heteroatoms. The van der Waals surface area contributed by atoms with Crippen LogP contribution in [-0.4, -0.2) is 84.4 Å². The van der Waals surface area contributed by atoms with Crippen LogP contribution in [0.25, 0.3) is 0 Å². The van der Waals surface area contributed by atoms with E-state index in [1.807, 2.05) is 0 Å². The van der Waals surface area contributed by atoms with Crippen molar-refractivity contribution < 1.29 is 19.1 Å². The number of imide groups is 1. The van der Waals surface area contributed by atoms with Gasteiger partial charge in [-0.05, 0) is 32.4 Å². The molecule has 3 amide bonds. The summed E-state index contributed by atoms with van der Waals surface area (Å²) in [7, 11) is 1.70. The molecule has 0 spiro atoms. The second-order valence-corrected chi connectivity index (χ2v) is 7.32. The number of carbonyl (C=O) groups is 3. The van der Waals surface area contributed by atoms with Crippen molar-refractivity contribution in [3.8, 4) is 0 Å². The number of amides is 3. The number of rotatable bonds is 6. The second-order valence-electron chi connectivity index (χ2n) is 7.32. The summed E-state index contributed by atoms with van der Waals surface area (Å²) >= 11 is 0. The monoisotopic (exact) mass is 373 g/mol. The van der Waals surface area contributed by atoms with E-state index in [-0.39, 0.29) is 36.3 Å². The smallest absolute Gasteiger partial charge is 0.262 e. The van der Waals surface area contributed by atoms with Gasteiger partial charge in [-0.25, -0.2) is 0 Å². The van der Waals surface area contributed by atoms with Gasteiger partial charge in [-0.3, -0.25) is 24.2 Å². The van der Waals surface area contributed by atoms with Crippen LogP contribution in [0, 0.1) is 0 Å². The van der Waals surface area contributed by atoms with Crippen LogP contribution in [0.2, 0.25) is 0 Å². The Hall–Kier alpha value is -2.25. The Morgan fingerprint density at radius 2 is 1.63 bits per heavy atom. The van der Waals surface area contributed by atoms with Gasteiger partial charge in [0.1, 0.15) is 6.54 Å². The average molecular weight is 373 g/mol. The lowest BCUT2D eigenvalue weighted by atomic mass is 10.1. The highest BCUT2D eigenvalue weighted by molar-refractivity contribution is 6.22. The minimum atomic E-state index is -0.386. The number of methoxy groups -OCH3 is 1. The molecule has 0 N–H and O–H groups in total. The van der Waals surface area contributed by atoms with E-state index in [0.717, 1.165) is 24.5 Å². The van der Waals surface area contributed by atoms with Gasteiger partial charge < -0.3 is 9.64 Å². The van der Waals surface area contributed by atoms with Crippen molar-refractivity contribution in [2.45, 2.75) is 32.4 Å². The van der Waals surface area contributed by atoms with Crippen LogP contribution < -0.4 is 0 Å². The first-order valence-electron chi connectivity index (χ1n) is 9.41. The van der Waals surface area contributed by atoms with Crippen molar-refractivity contribution in [2.75, 3.05) is 39.9 Å². The zero-order chi connectivity index (χ0) is 19.6. The maximum atomic E-state index is 12.8. The van der Waals surface area contributed by atoms with Crippen LogP contribution >= 0.6 is 0 Å². The maximum absolute atomic E-state index is 12.8. The fourth-order valence-electron chi connectivity index (χ4n) is 4.01. The molecular weight excluding hydrogens is 346 g/mol. The molecule has 0 saturated carbocycles. The third-order valence-corrected chi connectivity index (χ3v) is 5.39. The summed E-state index contributed by atoms with van der Waals surface area (Å²) in [5.41, 5.74) is 0.750. The molecule has 1 aromatic carbocycles. The lowest BCUT2D eigenvalue weighted by Crippen LogP contribution is -2.59. The highest BCUT2D eigenvalue weighted by Gasteiger charge is 2.38. The zero-order valence-corrected chi connectivity index (χ0v) is 16.2. The fraction of sp³-hybridized carbons (Fsp3) is 0.550. The number of fused-ring (bicyclic) bond motifs is 1. The van der Waals surface area contributed by atoms with Crippen LogP contribution in [0.1, 0.15) is 41.0 Å². The molecule has 2 unspecified atom stereocenters. The topological polar surface area (TPSA) is 70.2 Å². The highest BCUT2D eigenvalue weighted by Crippen LogP contribution is 2.23. The molecule has 146 valence electrons. The minimum absolute atomic E-state index is 0.181. The first-order valence-corrected chi connectivity index (χ1v) is 9.41. The average Bonchev–Trinajstić information content (AvgIpc) is 2.89. The molecule has 0 aliphatic carbocycles. The van der Waals surface area contributed by atoms with E-state index in [1.54, 1.807) is 36.3 Å². The van der Waals surface area contributed by atoms with Crippen molar-refractivity contribution in [1.82, 2.24) is 14.7 Å². The quantitative estimate of drug-likeness (QED) is 0.554. The number of ether oxygens (including phenoxy) is 1. The van der Waals surface area contributed by atoms with Crippen LogP contribution in [0.15, 0.2) is 24.3 Å². The molecule has 1 fully saturated rings. The molecule has 7 nitrogen and oxygen atoms in total. The van der Waals surface area contributed by atoms with E-state index in [1.165, 1.54) is 0 Å². The van der Waals surface area contributed by atoms with E-state index in [9.17, 15) is 14.4 Å². The lowest BCUT2D eigenvalue weighted by molar-refractivity contribution is -0.135. The summed E-state index contributed by atoms with van der Waals surface area (Å²) in [6.07, 6.45) is 0.953. The molecule has 27 heavy (non-hydrogen) atoms. The van der Waals surface area contributed by atoms with Gasteiger partial charge in [0, 0.05) is 45.4 Å². The van der Waals surface area contributed by atoms with Gasteiger partial charge in [-0.1, -0.05) is 12.1 Å². The van der Waals surface area contributed by atoms with Crippen LogP contribution in [0.5, 0.6) is 0 Å². The summed E-state index contributed by atoms with van der Waals surface area (Å²) in [6.45, 7) is 6.85. The van der Waals surface area contributed by atoms with Crippen molar-refractivity contribution >= 4 is 17.7 Å². The Morgan fingerprint density at radius 3 is 2.15 bits per heavy atom. The van der Waals surface area contributed by atoms with Crippen LogP contribution in [0.4, 0.5) is 0 Å². The molecule has 0 bridgehead atoms. The zero-order valence-electron chi connectivity index (χ0n) is 16.2.